The number of ether oxygens (including phenoxy) is 2. The molecule has 1 unspecified atom stereocenters. The molecule has 126 valence electrons. The third kappa shape index (κ3) is 4.73. The molecule has 1 aliphatic rings. The molecule has 24 heavy (non-hydrogen) atoms. The molecule has 1 atom stereocenters. The largest absolute Gasteiger partial charge is 0.490 e. The topological polar surface area (TPSA) is 59.6 Å². The Labute approximate surface area is 142 Å². The lowest BCUT2D eigenvalue weighted by Crippen LogP contribution is -2.35. The highest BCUT2D eigenvalue weighted by molar-refractivity contribution is 5.83. The van der Waals surface area contributed by atoms with Crippen molar-refractivity contribution in [2.24, 2.45) is 0 Å². The number of hydrogen-bond acceptors (Lipinski definition) is 4. The van der Waals surface area contributed by atoms with E-state index in [-0.39, 0.29) is 11.9 Å². The van der Waals surface area contributed by atoms with Crippen LogP contribution in [0.3, 0.4) is 0 Å². The van der Waals surface area contributed by atoms with E-state index < -0.39 is 0 Å². The van der Waals surface area contributed by atoms with Crippen LogP contribution < -0.4 is 20.1 Å². The summed E-state index contributed by atoms with van der Waals surface area (Å²) in [4.78, 5) is 11.5. The maximum absolute atomic E-state index is 11.5. The SMILES string of the molecule is O=C1NCCC1NCc1ccc(OCCOc2ccccc2)cc1. The zero-order valence-corrected chi connectivity index (χ0v) is 13.5. The molecule has 1 saturated heterocycles. The second-order valence-electron chi connectivity index (χ2n) is 5.67. The predicted octanol–water partition coefficient (Wildman–Crippen LogP) is 2.12. The average Bonchev–Trinajstić information content (AvgIpc) is 3.04. The minimum atomic E-state index is -0.0731. The van der Waals surface area contributed by atoms with Gasteiger partial charge in [-0.05, 0) is 36.2 Å². The van der Waals surface area contributed by atoms with E-state index in [0.717, 1.165) is 30.0 Å². The number of benzene rings is 2. The van der Waals surface area contributed by atoms with Gasteiger partial charge >= 0.3 is 0 Å². The van der Waals surface area contributed by atoms with Crippen molar-refractivity contribution in [2.45, 2.75) is 19.0 Å². The molecule has 0 bridgehead atoms. The highest BCUT2D eigenvalue weighted by Crippen LogP contribution is 2.13. The van der Waals surface area contributed by atoms with E-state index in [4.69, 9.17) is 9.47 Å². The van der Waals surface area contributed by atoms with Gasteiger partial charge in [0, 0.05) is 13.1 Å². The van der Waals surface area contributed by atoms with Crippen molar-refractivity contribution >= 4 is 5.91 Å². The van der Waals surface area contributed by atoms with Crippen LogP contribution in [0.4, 0.5) is 0 Å². The number of amides is 1. The molecule has 2 aromatic rings. The first-order valence-corrected chi connectivity index (χ1v) is 8.22. The second-order valence-corrected chi connectivity index (χ2v) is 5.67. The Morgan fingerprint density at radius 1 is 0.958 bits per heavy atom. The van der Waals surface area contributed by atoms with Gasteiger partial charge in [0.1, 0.15) is 24.7 Å². The van der Waals surface area contributed by atoms with E-state index in [9.17, 15) is 4.79 Å². The van der Waals surface area contributed by atoms with E-state index in [2.05, 4.69) is 10.6 Å². The summed E-state index contributed by atoms with van der Waals surface area (Å²) in [5.74, 6) is 1.75. The molecule has 0 radical (unpaired) electrons. The van der Waals surface area contributed by atoms with Crippen molar-refractivity contribution in [2.75, 3.05) is 19.8 Å². The number of carbonyl (C=O) groups excluding carboxylic acids is 1. The molecular formula is C19H22N2O3. The maximum atomic E-state index is 11.5. The van der Waals surface area contributed by atoms with E-state index in [1.54, 1.807) is 0 Å². The lowest BCUT2D eigenvalue weighted by atomic mass is 10.2. The summed E-state index contributed by atoms with van der Waals surface area (Å²) < 4.78 is 11.3. The number of rotatable bonds is 8. The Kier molecular flexibility index (Phi) is 5.69. The van der Waals surface area contributed by atoms with Gasteiger partial charge in [-0.1, -0.05) is 30.3 Å². The Bertz CT molecular complexity index is 643. The van der Waals surface area contributed by atoms with E-state index in [1.165, 1.54) is 0 Å². The summed E-state index contributed by atoms with van der Waals surface area (Å²) in [7, 11) is 0. The molecule has 5 nitrogen and oxygen atoms in total. The lowest BCUT2D eigenvalue weighted by molar-refractivity contribution is -0.120. The monoisotopic (exact) mass is 326 g/mol. The van der Waals surface area contributed by atoms with Gasteiger partial charge in [-0.15, -0.1) is 0 Å². The van der Waals surface area contributed by atoms with Crippen molar-refractivity contribution in [1.82, 2.24) is 10.6 Å². The van der Waals surface area contributed by atoms with Gasteiger partial charge < -0.3 is 20.1 Å². The first-order valence-electron chi connectivity index (χ1n) is 8.22. The standard InChI is InChI=1S/C19H22N2O3/c22-19-18(10-11-20-19)21-14-15-6-8-17(9-7-15)24-13-12-23-16-4-2-1-3-5-16/h1-9,18,21H,10-14H2,(H,20,22). The average molecular weight is 326 g/mol. The maximum Gasteiger partial charge on any atom is 0.237 e. The van der Waals surface area contributed by atoms with E-state index >= 15 is 0 Å². The third-order valence-electron chi connectivity index (χ3n) is 3.89. The Morgan fingerprint density at radius 2 is 1.62 bits per heavy atom. The minimum absolute atomic E-state index is 0.0731. The number of hydrogen-bond donors (Lipinski definition) is 2. The van der Waals surface area contributed by atoms with Crippen LogP contribution in [0.1, 0.15) is 12.0 Å². The molecular weight excluding hydrogens is 304 g/mol. The molecule has 0 saturated carbocycles. The summed E-state index contributed by atoms with van der Waals surface area (Å²) >= 11 is 0. The second kappa shape index (κ2) is 8.36. The third-order valence-corrected chi connectivity index (χ3v) is 3.89. The van der Waals surface area contributed by atoms with Crippen LogP contribution in [0.15, 0.2) is 54.6 Å². The van der Waals surface area contributed by atoms with Crippen molar-refractivity contribution in [3.63, 3.8) is 0 Å². The van der Waals surface area contributed by atoms with Gasteiger partial charge in [0.2, 0.25) is 5.91 Å². The Morgan fingerprint density at radius 3 is 2.25 bits per heavy atom. The number of carbonyl (C=O) groups is 1. The fourth-order valence-electron chi connectivity index (χ4n) is 2.57. The highest BCUT2D eigenvalue weighted by Gasteiger charge is 2.22. The summed E-state index contributed by atoms with van der Waals surface area (Å²) in [5, 5.41) is 6.09. The normalized spacial score (nSPS) is 16.7. The summed E-state index contributed by atoms with van der Waals surface area (Å²) in [6.45, 7) is 2.43. The fraction of sp³-hybridized carbons (Fsp3) is 0.316. The quantitative estimate of drug-likeness (QED) is 0.730. The molecule has 1 fully saturated rings. The van der Waals surface area contributed by atoms with Gasteiger partial charge in [0.15, 0.2) is 0 Å². The Hall–Kier alpha value is -2.53. The smallest absolute Gasteiger partial charge is 0.237 e. The first-order chi connectivity index (χ1) is 11.8. The van der Waals surface area contributed by atoms with Crippen molar-refractivity contribution in [3.8, 4) is 11.5 Å². The van der Waals surface area contributed by atoms with Crippen LogP contribution in [-0.2, 0) is 11.3 Å². The molecule has 0 aromatic heterocycles. The van der Waals surface area contributed by atoms with Crippen LogP contribution in [0.5, 0.6) is 11.5 Å². The summed E-state index contributed by atoms with van der Waals surface area (Å²) in [6.07, 6.45) is 0.849. The van der Waals surface area contributed by atoms with E-state index in [1.807, 2.05) is 54.6 Å². The van der Waals surface area contributed by atoms with Gasteiger partial charge in [-0.25, -0.2) is 0 Å². The molecule has 2 N–H and O–H groups in total. The lowest BCUT2D eigenvalue weighted by Gasteiger charge is -2.11. The van der Waals surface area contributed by atoms with Crippen LogP contribution in [0.2, 0.25) is 0 Å². The molecule has 1 heterocycles. The molecule has 0 spiro atoms. The summed E-state index contributed by atoms with van der Waals surface area (Å²) in [5.41, 5.74) is 1.13. The van der Waals surface area contributed by atoms with Gasteiger partial charge in [0.25, 0.3) is 0 Å². The fourth-order valence-corrected chi connectivity index (χ4v) is 2.57. The minimum Gasteiger partial charge on any atom is -0.490 e. The Balaban J connectivity index is 1.37. The molecule has 1 amide bonds. The molecule has 0 aliphatic carbocycles. The van der Waals surface area contributed by atoms with Gasteiger partial charge in [-0.2, -0.15) is 0 Å². The number of nitrogens with one attached hydrogen (secondary N) is 2. The zero-order valence-electron chi connectivity index (χ0n) is 13.5. The first kappa shape index (κ1) is 16.3. The van der Waals surface area contributed by atoms with Crippen LogP contribution in [0.25, 0.3) is 0 Å². The summed E-state index contributed by atoms with van der Waals surface area (Å²) in [6, 6.07) is 17.5. The van der Waals surface area contributed by atoms with Crippen molar-refractivity contribution in [1.29, 1.82) is 0 Å². The van der Waals surface area contributed by atoms with E-state index in [0.29, 0.717) is 19.8 Å². The van der Waals surface area contributed by atoms with Crippen molar-refractivity contribution < 1.29 is 14.3 Å². The van der Waals surface area contributed by atoms with Crippen molar-refractivity contribution in [3.05, 3.63) is 60.2 Å². The van der Waals surface area contributed by atoms with Crippen LogP contribution in [-0.4, -0.2) is 31.7 Å². The molecule has 5 heteroatoms. The van der Waals surface area contributed by atoms with Gasteiger partial charge in [-0.3, -0.25) is 4.79 Å². The van der Waals surface area contributed by atoms with Gasteiger partial charge in [0.05, 0.1) is 6.04 Å². The molecule has 1 aliphatic heterocycles. The van der Waals surface area contributed by atoms with Crippen LogP contribution in [0, 0.1) is 0 Å². The predicted molar refractivity (Wildman–Crippen MR) is 92.1 cm³/mol. The number of para-hydroxylation sites is 1. The molecule has 3 rings (SSSR count). The van der Waals surface area contributed by atoms with Crippen LogP contribution >= 0.6 is 0 Å². The molecule has 2 aromatic carbocycles. The highest BCUT2D eigenvalue weighted by atomic mass is 16.5. The zero-order chi connectivity index (χ0) is 16.6.